The zero-order valence-corrected chi connectivity index (χ0v) is 11.7. The lowest BCUT2D eigenvalue weighted by atomic mass is 10.0. The quantitative estimate of drug-likeness (QED) is 0.652. The van der Waals surface area contributed by atoms with Crippen LogP contribution in [0.1, 0.15) is 56.1 Å². The minimum atomic E-state index is 0.0683. The fourth-order valence-corrected chi connectivity index (χ4v) is 1.16. The van der Waals surface area contributed by atoms with E-state index >= 15 is 0 Å². The van der Waals surface area contributed by atoms with Crippen LogP contribution >= 0.6 is 0 Å². The molecule has 0 radical (unpaired) electrons. The lowest BCUT2D eigenvalue weighted by Gasteiger charge is -2.02. The zero-order chi connectivity index (χ0) is 13.8. The van der Waals surface area contributed by atoms with Gasteiger partial charge in [0.2, 0.25) is 0 Å². The Morgan fingerprint density at radius 3 is 1.82 bits per heavy atom. The van der Waals surface area contributed by atoms with Crippen LogP contribution in [0.25, 0.3) is 12.2 Å². The van der Waals surface area contributed by atoms with E-state index in [9.17, 15) is 4.79 Å². The maximum atomic E-state index is 11.1. The van der Waals surface area contributed by atoms with E-state index in [1.165, 1.54) is 0 Å². The van der Waals surface area contributed by atoms with Crippen molar-refractivity contribution in [2.45, 2.75) is 34.6 Å². The topological polar surface area (TPSA) is 17.1 Å². The summed E-state index contributed by atoms with van der Waals surface area (Å²) in [5.74, 6) is 0.0683. The zero-order valence-electron chi connectivity index (χ0n) is 11.7. The molecule has 0 N–H and O–H groups in total. The summed E-state index contributed by atoms with van der Waals surface area (Å²) in [6.07, 6.45) is 3.48. The molecule has 94 valence electrons. The van der Waals surface area contributed by atoms with Gasteiger partial charge in [0, 0.05) is 5.56 Å². The Morgan fingerprint density at radius 1 is 1.00 bits per heavy atom. The molecule has 1 aromatic rings. The molecule has 0 saturated carbocycles. The second kappa shape index (κ2) is 10.9. The summed E-state index contributed by atoms with van der Waals surface area (Å²) >= 11 is 0. The Kier molecular flexibility index (Phi) is 11.4. The average Bonchev–Trinajstić information content (AvgIpc) is 2.42. The largest absolute Gasteiger partial charge is 0.295 e. The third-order valence-corrected chi connectivity index (χ3v) is 1.93. The highest BCUT2D eigenvalue weighted by molar-refractivity contribution is 5.95. The minimum Gasteiger partial charge on any atom is -0.295 e. The molecule has 17 heavy (non-hydrogen) atoms. The first kappa shape index (κ1) is 17.8. The van der Waals surface area contributed by atoms with Crippen LogP contribution in [0.3, 0.4) is 0 Å². The van der Waals surface area contributed by atoms with Gasteiger partial charge < -0.3 is 0 Å². The van der Waals surface area contributed by atoms with Gasteiger partial charge in [0.15, 0.2) is 5.78 Å². The number of carbonyl (C=O) groups is 1. The number of benzene rings is 1. The minimum absolute atomic E-state index is 0.0683. The maximum absolute atomic E-state index is 11.1. The SMILES string of the molecule is C=Cc1ccc(C(C)=O)cc1C=C.CC.CC. The molecule has 0 atom stereocenters. The van der Waals surface area contributed by atoms with Gasteiger partial charge in [0.1, 0.15) is 0 Å². The van der Waals surface area contributed by atoms with Crippen LogP contribution in [0.15, 0.2) is 31.4 Å². The van der Waals surface area contributed by atoms with Crippen LogP contribution in [0, 0.1) is 0 Å². The van der Waals surface area contributed by atoms with Crippen molar-refractivity contribution in [2.24, 2.45) is 0 Å². The summed E-state index contributed by atoms with van der Waals surface area (Å²) in [6, 6.07) is 5.50. The van der Waals surface area contributed by atoms with E-state index in [0.717, 1.165) is 11.1 Å². The summed E-state index contributed by atoms with van der Waals surface area (Å²) in [5.41, 5.74) is 2.66. The molecular formula is C16H24O. The van der Waals surface area contributed by atoms with Gasteiger partial charge in [-0.05, 0) is 24.1 Å². The third-order valence-electron chi connectivity index (χ3n) is 1.93. The van der Waals surface area contributed by atoms with Gasteiger partial charge in [-0.1, -0.05) is 65.1 Å². The molecule has 1 aromatic carbocycles. The number of hydrogen-bond acceptors (Lipinski definition) is 1. The monoisotopic (exact) mass is 232 g/mol. The van der Waals surface area contributed by atoms with Crippen LogP contribution < -0.4 is 0 Å². The second-order valence-corrected chi connectivity index (χ2v) is 2.81. The van der Waals surface area contributed by atoms with Crippen molar-refractivity contribution in [3.63, 3.8) is 0 Å². The predicted octanol–water partition coefficient (Wildman–Crippen LogP) is 5.23. The van der Waals surface area contributed by atoms with Gasteiger partial charge >= 0.3 is 0 Å². The highest BCUT2D eigenvalue weighted by atomic mass is 16.1. The lowest BCUT2D eigenvalue weighted by molar-refractivity contribution is 0.101. The van der Waals surface area contributed by atoms with Crippen LogP contribution in [-0.4, -0.2) is 5.78 Å². The highest BCUT2D eigenvalue weighted by Crippen LogP contribution is 2.14. The molecule has 0 fully saturated rings. The van der Waals surface area contributed by atoms with E-state index in [-0.39, 0.29) is 5.78 Å². The van der Waals surface area contributed by atoms with Crippen LogP contribution in [0.2, 0.25) is 0 Å². The molecular weight excluding hydrogens is 208 g/mol. The van der Waals surface area contributed by atoms with Gasteiger partial charge in [-0.2, -0.15) is 0 Å². The molecule has 1 heteroatoms. The smallest absolute Gasteiger partial charge is 0.159 e. The number of carbonyl (C=O) groups excluding carboxylic acids is 1. The Balaban J connectivity index is 0. The molecule has 0 saturated heterocycles. The molecule has 0 aliphatic rings. The molecule has 1 rings (SSSR count). The number of Topliss-reactive ketones (excluding diaryl/α,β-unsaturated/α-hetero) is 1. The first-order chi connectivity index (χ1) is 8.19. The summed E-state index contributed by atoms with van der Waals surface area (Å²) in [4.78, 5) is 11.1. The molecule has 0 unspecified atom stereocenters. The molecule has 0 aromatic heterocycles. The van der Waals surface area contributed by atoms with Crippen LogP contribution in [0.5, 0.6) is 0 Å². The number of rotatable bonds is 3. The normalized spacial score (nSPS) is 7.82. The van der Waals surface area contributed by atoms with E-state index in [0.29, 0.717) is 5.56 Å². The Labute approximate surface area is 106 Å². The van der Waals surface area contributed by atoms with Gasteiger partial charge in [0.25, 0.3) is 0 Å². The van der Waals surface area contributed by atoms with Crippen molar-refractivity contribution in [3.05, 3.63) is 48.0 Å². The van der Waals surface area contributed by atoms with Crippen LogP contribution in [0.4, 0.5) is 0 Å². The highest BCUT2D eigenvalue weighted by Gasteiger charge is 2.01. The first-order valence-corrected chi connectivity index (χ1v) is 6.09. The molecule has 1 nitrogen and oxygen atoms in total. The average molecular weight is 232 g/mol. The number of hydrogen-bond donors (Lipinski definition) is 0. The molecule has 0 spiro atoms. The maximum Gasteiger partial charge on any atom is 0.159 e. The van der Waals surface area contributed by atoms with Crippen molar-refractivity contribution in [1.82, 2.24) is 0 Å². The molecule has 0 bridgehead atoms. The van der Waals surface area contributed by atoms with Crippen molar-refractivity contribution >= 4 is 17.9 Å². The van der Waals surface area contributed by atoms with Crippen molar-refractivity contribution in [3.8, 4) is 0 Å². The Morgan fingerprint density at radius 2 is 1.47 bits per heavy atom. The van der Waals surface area contributed by atoms with Gasteiger partial charge in [-0.3, -0.25) is 4.79 Å². The van der Waals surface area contributed by atoms with E-state index in [1.807, 2.05) is 39.8 Å². The van der Waals surface area contributed by atoms with E-state index in [2.05, 4.69) is 13.2 Å². The molecule has 0 aliphatic heterocycles. The van der Waals surface area contributed by atoms with E-state index < -0.39 is 0 Å². The van der Waals surface area contributed by atoms with Gasteiger partial charge in [-0.15, -0.1) is 0 Å². The first-order valence-electron chi connectivity index (χ1n) is 6.09. The third kappa shape index (κ3) is 5.86. The van der Waals surface area contributed by atoms with E-state index in [4.69, 9.17) is 0 Å². The number of ketones is 1. The lowest BCUT2D eigenvalue weighted by Crippen LogP contribution is -1.93. The summed E-state index contributed by atoms with van der Waals surface area (Å²) in [5, 5.41) is 0. The predicted molar refractivity (Wildman–Crippen MR) is 79.3 cm³/mol. The van der Waals surface area contributed by atoms with Crippen molar-refractivity contribution in [2.75, 3.05) is 0 Å². The summed E-state index contributed by atoms with van der Waals surface area (Å²) in [7, 11) is 0. The van der Waals surface area contributed by atoms with Crippen molar-refractivity contribution in [1.29, 1.82) is 0 Å². The summed E-state index contributed by atoms with van der Waals surface area (Å²) in [6.45, 7) is 16.9. The van der Waals surface area contributed by atoms with Crippen molar-refractivity contribution < 1.29 is 4.79 Å². The second-order valence-electron chi connectivity index (χ2n) is 2.81. The summed E-state index contributed by atoms with van der Waals surface area (Å²) < 4.78 is 0. The molecule has 0 heterocycles. The van der Waals surface area contributed by atoms with E-state index in [1.54, 1.807) is 25.1 Å². The van der Waals surface area contributed by atoms with Gasteiger partial charge in [-0.25, -0.2) is 0 Å². The molecule has 0 aliphatic carbocycles. The standard InChI is InChI=1S/C12H12O.2C2H6/c1-4-10-6-7-12(9(3)13)8-11(10)5-2;2*1-2/h4-8H,1-2H2,3H3;2*1-2H3. The fourth-order valence-electron chi connectivity index (χ4n) is 1.16. The van der Waals surface area contributed by atoms with Gasteiger partial charge in [0.05, 0.1) is 0 Å². The Bertz CT molecular complexity index is 362. The fraction of sp³-hybridized carbons (Fsp3) is 0.312. The Hall–Kier alpha value is -1.63. The van der Waals surface area contributed by atoms with Crippen LogP contribution in [-0.2, 0) is 0 Å². The molecule has 0 amide bonds.